The van der Waals surface area contributed by atoms with E-state index in [0.717, 1.165) is 24.5 Å². The molecule has 1 aromatic heterocycles. The zero-order valence-corrected chi connectivity index (χ0v) is 14.5. The summed E-state index contributed by atoms with van der Waals surface area (Å²) in [5, 5.41) is 2.86. The first kappa shape index (κ1) is 17.2. The van der Waals surface area contributed by atoms with Crippen LogP contribution in [-0.2, 0) is 4.74 Å². The predicted octanol–water partition coefficient (Wildman–Crippen LogP) is 2.27. The van der Waals surface area contributed by atoms with Gasteiger partial charge in [-0.05, 0) is 44.2 Å². The molecule has 1 fully saturated rings. The second-order valence-electron chi connectivity index (χ2n) is 5.71. The summed E-state index contributed by atoms with van der Waals surface area (Å²) in [5.74, 6) is 1.08. The van der Waals surface area contributed by atoms with E-state index >= 15 is 0 Å². The maximum Gasteiger partial charge on any atom is 0.274 e. The average Bonchev–Trinajstić information content (AvgIpc) is 2.64. The van der Waals surface area contributed by atoms with E-state index in [0.29, 0.717) is 37.2 Å². The molecule has 1 saturated heterocycles. The summed E-state index contributed by atoms with van der Waals surface area (Å²) in [6.07, 6.45) is 0. The lowest BCUT2D eigenvalue weighted by atomic mass is 10.2. The third-order valence-electron chi connectivity index (χ3n) is 3.79. The van der Waals surface area contributed by atoms with E-state index in [1.807, 2.05) is 30.9 Å². The van der Waals surface area contributed by atoms with Gasteiger partial charge < -0.3 is 19.7 Å². The number of rotatable bonds is 5. The molecular weight excluding hydrogens is 320 g/mol. The predicted molar refractivity (Wildman–Crippen MR) is 95.4 cm³/mol. The third kappa shape index (κ3) is 4.45. The molecule has 0 atom stereocenters. The molecule has 25 heavy (non-hydrogen) atoms. The molecule has 0 unspecified atom stereocenters. The zero-order chi connectivity index (χ0) is 17.6. The fraction of sp³-hybridized carbons (Fsp3) is 0.389. The van der Waals surface area contributed by atoms with Gasteiger partial charge in [-0.1, -0.05) is 0 Å². The first-order valence-corrected chi connectivity index (χ1v) is 8.38. The minimum absolute atomic E-state index is 0.260. The lowest BCUT2D eigenvalue weighted by Gasteiger charge is -2.27. The van der Waals surface area contributed by atoms with Crippen LogP contribution >= 0.6 is 0 Å². The van der Waals surface area contributed by atoms with E-state index in [2.05, 4.69) is 15.3 Å². The summed E-state index contributed by atoms with van der Waals surface area (Å²) >= 11 is 0. The van der Waals surface area contributed by atoms with Gasteiger partial charge >= 0.3 is 0 Å². The quantitative estimate of drug-likeness (QED) is 0.898. The zero-order valence-electron chi connectivity index (χ0n) is 14.5. The monoisotopic (exact) mass is 342 g/mol. The largest absolute Gasteiger partial charge is 0.494 e. The van der Waals surface area contributed by atoms with Crippen molar-refractivity contribution in [3.8, 4) is 5.75 Å². The molecule has 1 amide bonds. The Bertz CT molecular complexity index is 728. The van der Waals surface area contributed by atoms with Crippen molar-refractivity contribution in [1.82, 2.24) is 9.97 Å². The van der Waals surface area contributed by atoms with Crippen molar-refractivity contribution in [1.29, 1.82) is 0 Å². The first-order valence-electron chi connectivity index (χ1n) is 8.38. The molecular formula is C18H22N4O3. The van der Waals surface area contributed by atoms with Gasteiger partial charge in [0.05, 0.1) is 19.8 Å². The maximum absolute atomic E-state index is 12.5. The van der Waals surface area contributed by atoms with Gasteiger partial charge in [0.2, 0.25) is 5.95 Å². The molecule has 0 radical (unpaired) electrons. The van der Waals surface area contributed by atoms with Crippen molar-refractivity contribution >= 4 is 17.5 Å². The van der Waals surface area contributed by atoms with E-state index in [-0.39, 0.29) is 5.91 Å². The molecule has 1 aliphatic rings. The van der Waals surface area contributed by atoms with Crippen molar-refractivity contribution in [2.24, 2.45) is 0 Å². The molecule has 0 saturated carbocycles. The van der Waals surface area contributed by atoms with Gasteiger partial charge in [0.25, 0.3) is 5.91 Å². The topological polar surface area (TPSA) is 76.6 Å². The van der Waals surface area contributed by atoms with Crippen LogP contribution in [0.25, 0.3) is 0 Å². The molecule has 0 bridgehead atoms. The van der Waals surface area contributed by atoms with Gasteiger partial charge in [-0.25, -0.2) is 9.97 Å². The van der Waals surface area contributed by atoms with Crippen LogP contribution in [0.4, 0.5) is 11.6 Å². The number of carbonyl (C=O) groups excluding carboxylic acids is 1. The number of nitrogens with zero attached hydrogens (tertiary/aromatic N) is 3. The third-order valence-corrected chi connectivity index (χ3v) is 3.79. The van der Waals surface area contributed by atoms with Crippen LogP contribution in [0.1, 0.15) is 23.1 Å². The van der Waals surface area contributed by atoms with Crippen LogP contribution < -0.4 is 15.0 Å². The number of carbonyl (C=O) groups is 1. The molecule has 7 heteroatoms. The van der Waals surface area contributed by atoms with Crippen molar-refractivity contribution in [2.45, 2.75) is 13.8 Å². The number of ether oxygens (including phenoxy) is 2. The highest BCUT2D eigenvalue weighted by molar-refractivity contribution is 6.03. The van der Waals surface area contributed by atoms with E-state index in [9.17, 15) is 4.79 Å². The van der Waals surface area contributed by atoms with Gasteiger partial charge in [-0.3, -0.25) is 4.79 Å². The number of nitrogens with one attached hydrogen (secondary N) is 1. The number of aromatic nitrogens is 2. The van der Waals surface area contributed by atoms with Crippen molar-refractivity contribution in [3.63, 3.8) is 0 Å². The number of aryl methyl sites for hydroxylation is 1. The Balaban J connectivity index is 1.73. The molecule has 7 nitrogen and oxygen atoms in total. The highest BCUT2D eigenvalue weighted by atomic mass is 16.5. The lowest BCUT2D eigenvalue weighted by Crippen LogP contribution is -2.37. The van der Waals surface area contributed by atoms with Gasteiger partial charge in [0.15, 0.2) is 0 Å². The lowest BCUT2D eigenvalue weighted by molar-refractivity contribution is 0.102. The Morgan fingerprint density at radius 3 is 2.64 bits per heavy atom. The first-order chi connectivity index (χ1) is 12.2. The number of anilines is 2. The highest BCUT2D eigenvalue weighted by Crippen LogP contribution is 2.17. The summed E-state index contributed by atoms with van der Waals surface area (Å²) < 4.78 is 10.7. The van der Waals surface area contributed by atoms with Crippen LogP contribution in [0.15, 0.2) is 30.3 Å². The van der Waals surface area contributed by atoms with Gasteiger partial charge in [0.1, 0.15) is 11.4 Å². The van der Waals surface area contributed by atoms with Crippen molar-refractivity contribution < 1.29 is 14.3 Å². The highest BCUT2D eigenvalue weighted by Gasteiger charge is 2.17. The summed E-state index contributed by atoms with van der Waals surface area (Å²) in [4.78, 5) is 23.4. The minimum Gasteiger partial charge on any atom is -0.494 e. The summed E-state index contributed by atoms with van der Waals surface area (Å²) in [6.45, 7) is 7.14. The second-order valence-corrected chi connectivity index (χ2v) is 5.71. The summed E-state index contributed by atoms with van der Waals surface area (Å²) in [7, 11) is 0. The van der Waals surface area contributed by atoms with Crippen molar-refractivity contribution in [2.75, 3.05) is 43.1 Å². The molecule has 2 heterocycles. The molecule has 0 spiro atoms. The fourth-order valence-corrected chi connectivity index (χ4v) is 2.57. The normalized spacial score (nSPS) is 14.2. The molecule has 1 aliphatic heterocycles. The number of morpholine rings is 1. The average molecular weight is 342 g/mol. The Labute approximate surface area is 147 Å². The van der Waals surface area contributed by atoms with Crippen LogP contribution in [-0.4, -0.2) is 48.8 Å². The number of benzene rings is 1. The Morgan fingerprint density at radius 1 is 1.24 bits per heavy atom. The second kappa shape index (κ2) is 7.94. The smallest absolute Gasteiger partial charge is 0.274 e. The van der Waals surface area contributed by atoms with Gasteiger partial charge in [0, 0.05) is 24.5 Å². The number of hydrogen-bond acceptors (Lipinski definition) is 6. The maximum atomic E-state index is 12.5. The van der Waals surface area contributed by atoms with Crippen LogP contribution in [0.2, 0.25) is 0 Å². The molecule has 0 aliphatic carbocycles. The standard InChI is InChI=1S/C18H22N4O3/c1-3-25-15-6-4-14(5-7-15)20-17(23)16-12-13(2)19-18(21-16)22-8-10-24-11-9-22/h4-7,12H,3,8-11H2,1-2H3,(H,20,23). The van der Waals surface area contributed by atoms with Crippen molar-refractivity contribution in [3.05, 3.63) is 41.7 Å². The fourth-order valence-electron chi connectivity index (χ4n) is 2.57. The van der Waals surface area contributed by atoms with E-state index < -0.39 is 0 Å². The molecule has 3 rings (SSSR count). The van der Waals surface area contributed by atoms with Gasteiger partial charge in [-0.2, -0.15) is 0 Å². The Morgan fingerprint density at radius 2 is 1.96 bits per heavy atom. The Hall–Kier alpha value is -2.67. The van der Waals surface area contributed by atoms with Crippen LogP contribution in [0, 0.1) is 6.92 Å². The van der Waals surface area contributed by atoms with E-state index in [1.165, 1.54) is 0 Å². The number of amides is 1. The van der Waals surface area contributed by atoms with E-state index in [1.54, 1.807) is 18.2 Å². The molecule has 1 N–H and O–H groups in total. The summed E-state index contributed by atoms with van der Waals surface area (Å²) in [5.41, 5.74) is 1.80. The SMILES string of the molecule is CCOc1ccc(NC(=O)c2cc(C)nc(N3CCOCC3)n2)cc1. The van der Waals surface area contributed by atoms with Crippen LogP contribution in [0.5, 0.6) is 5.75 Å². The molecule has 2 aromatic rings. The summed E-state index contributed by atoms with van der Waals surface area (Å²) in [6, 6.07) is 8.94. The van der Waals surface area contributed by atoms with Crippen LogP contribution in [0.3, 0.4) is 0 Å². The Kier molecular flexibility index (Phi) is 5.45. The molecule has 1 aromatic carbocycles. The molecule has 132 valence electrons. The minimum atomic E-state index is -0.260. The van der Waals surface area contributed by atoms with E-state index in [4.69, 9.17) is 9.47 Å². The number of hydrogen-bond donors (Lipinski definition) is 1. The van der Waals surface area contributed by atoms with Gasteiger partial charge in [-0.15, -0.1) is 0 Å².